The van der Waals surface area contributed by atoms with Crippen molar-refractivity contribution in [2.45, 2.75) is 32.5 Å². The van der Waals surface area contributed by atoms with Crippen LogP contribution in [0.15, 0.2) is 30.5 Å². The first-order chi connectivity index (χ1) is 9.29. The van der Waals surface area contributed by atoms with Crippen molar-refractivity contribution in [1.29, 1.82) is 0 Å². The zero-order chi connectivity index (χ0) is 13.2. The highest BCUT2D eigenvalue weighted by molar-refractivity contribution is 5.83. The van der Waals surface area contributed by atoms with Crippen molar-refractivity contribution in [3.8, 4) is 0 Å². The fraction of sp³-hybridized carbons (Fsp3) is 0.500. The summed E-state index contributed by atoms with van der Waals surface area (Å²) in [5, 5.41) is 4.85. The summed E-state index contributed by atoms with van der Waals surface area (Å²) in [6, 6.07) is 9.42. The van der Waals surface area contributed by atoms with Gasteiger partial charge < -0.3 is 9.88 Å². The Morgan fingerprint density at radius 3 is 2.95 bits per heavy atom. The number of hydrogen-bond donors (Lipinski definition) is 1. The largest absolute Gasteiger partial charge is 0.347 e. The Balaban J connectivity index is 1.87. The number of rotatable bonds is 4. The predicted molar refractivity (Wildman–Crippen MR) is 80.4 cm³/mol. The fourth-order valence-corrected chi connectivity index (χ4v) is 3.12. The minimum absolute atomic E-state index is 0.684. The maximum absolute atomic E-state index is 3.45. The van der Waals surface area contributed by atoms with Crippen molar-refractivity contribution < 1.29 is 0 Å². The average Bonchev–Trinajstić information content (AvgIpc) is 3.07. The highest BCUT2D eigenvalue weighted by atomic mass is 15.2. The van der Waals surface area contributed by atoms with Gasteiger partial charge in [-0.3, -0.25) is 4.90 Å². The van der Waals surface area contributed by atoms with Crippen molar-refractivity contribution in [2.75, 3.05) is 20.1 Å². The Kier molecular flexibility index (Phi) is 3.58. The molecule has 3 nitrogen and oxygen atoms in total. The summed E-state index contributed by atoms with van der Waals surface area (Å²) in [4.78, 5) is 2.49. The molecule has 0 bridgehead atoms. The third-order valence-electron chi connectivity index (χ3n) is 4.29. The van der Waals surface area contributed by atoms with Gasteiger partial charge in [-0.2, -0.15) is 0 Å². The minimum atomic E-state index is 0.684. The number of fused-ring (bicyclic) bond motifs is 1. The molecule has 1 N–H and O–H groups in total. The van der Waals surface area contributed by atoms with Gasteiger partial charge in [-0.1, -0.05) is 18.2 Å². The average molecular weight is 257 g/mol. The number of para-hydroxylation sites is 1. The Bertz CT molecular complexity index is 552. The second-order valence-electron chi connectivity index (χ2n) is 5.52. The summed E-state index contributed by atoms with van der Waals surface area (Å²) in [7, 11) is 2.25. The van der Waals surface area contributed by atoms with Crippen LogP contribution in [0.25, 0.3) is 10.9 Å². The third-order valence-corrected chi connectivity index (χ3v) is 4.29. The van der Waals surface area contributed by atoms with Gasteiger partial charge in [0.25, 0.3) is 0 Å². The van der Waals surface area contributed by atoms with Gasteiger partial charge in [0.15, 0.2) is 0 Å². The van der Waals surface area contributed by atoms with Crippen LogP contribution in [0.5, 0.6) is 0 Å². The van der Waals surface area contributed by atoms with E-state index in [1.165, 1.54) is 22.9 Å². The van der Waals surface area contributed by atoms with Crippen molar-refractivity contribution in [3.63, 3.8) is 0 Å². The molecule has 1 aromatic heterocycles. The van der Waals surface area contributed by atoms with E-state index in [2.05, 4.69) is 59.2 Å². The van der Waals surface area contributed by atoms with Crippen LogP contribution < -0.4 is 5.32 Å². The molecule has 1 fully saturated rings. The molecule has 3 heteroatoms. The predicted octanol–water partition coefficient (Wildman–Crippen LogP) is 2.45. The third kappa shape index (κ3) is 2.40. The van der Waals surface area contributed by atoms with E-state index in [4.69, 9.17) is 0 Å². The lowest BCUT2D eigenvalue weighted by Gasteiger charge is -2.23. The van der Waals surface area contributed by atoms with E-state index in [1.54, 1.807) is 0 Å². The highest BCUT2D eigenvalue weighted by Crippen LogP contribution is 2.23. The lowest BCUT2D eigenvalue weighted by molar-refractivity contribution is 0.249. The molecule has 0 radical (unpaired) electrons. The molecule has 2 heterocycles. The first kappa shape index (κ1) is 12.7. The van der Waals surface area contributed by atoms with Gasteiger partial charge in [-0.25, -0.2) is 0 Å². The molecule has 1 saturated heterocycles. The zero-order valence-corrected chi connectivity index (χ0v) is 11.9. The maximum atomic E-state index is 3.45. The van der Waals surface area contributed by atoms with Gasteiger partial charge in [0.1, 0.15) is 0 Å². The number of likely N-dealkylation sites (N-methyl/N-ethyl adjacent to an activating group) is 1. The molecule has 1 aromatic carbocycles. The molecule has 102 valence electrons. The van der Waals surface area contributed by atoms with Gasteiger partial charge in [0, 0.05) is 42.8 Å². The summed E-state index contributed by atoms with van der Waals surface area (Å²) in [5.41, 5.74) is 2.81. The molecule has 2 aromatic rings. The monoisotopic (exact) mass is 257 g/mol. The molecule has 3 rings (SSSR count). The number of nitrogens with zero attached hydrogens (tertiary/aromatic N) is 2. The van der Waals surface area contributed by atoms with E-state index in [1.807, 2.05) is 0 Å². The van der Waals surface area contributed by atoms with E-state index in [-0.39, 0.29) is 0 Å². The van der Waals surface area contributed by atoms with Gasteiger partial charge in [-0.05, 0) is 38.6 Å². The molecule has 19 heavy (non-hydrogen) atoms. The Hall–Kier alpha value is -1.32. The van der Waals surface area contributed by atoms with Crippen LogP contribution in [0.4, 0.5) is 0 Å². The topological polar surface area (TPSA) is 20.2 Å². The van der Waals surface area contributed by atoms with E-state index >= 15 is 0 Å². The molecule has 1 aliphatic heterocycles. The first-order valence-corrected chi connectivity index (χ1v) is 7.27. The Morgan fingerprint density at radius 1 is 1.37 bits per heavy atom. The highest BCUT2D eigenvalue weighted by Gasteiger charge is 2.20. The summed E-state index contributed by atoms with van der Waals surface area (Å²) < 4.78 is 2.35. The number of aromatic nitrogens is 1. The number of aryl methyl sites for hydroxylation is 1. The summed E-state index contributed by atoms with van der Waals surface area (Å²) in [6.45, 7) is 6.57. The van der Waals surface area contributed by atoms with Gasteiger partial charge in [0.2, 0.25) is 0 Å². The van der Waals surface area contributed by atoms with Crippen molar-refractivity contribution >= 4 is 10.9 Å². The van der Waals surface area contributed by atoms with E-state index in [0.717, 1.165) is 26.2 Å². The summed E-state index contributed by atoms with van der Waals surface area (Å²) >= 11 is 0. The molecule has 0 amide bonds. The van der Waals surface area contributed by atoms with Gasteiger partial charge in [-0.15, -0.1) is 0 Å². The van der Waals surface area contributed by atoms with Crippen molar-refractivity contribution in [3.05, 3.63) is 36.0 Å². The summed E-state index contributed by atoms with van der Waals surface area (Å²) in [5.74, 6) is 0. The summed E-state index contributed by atoms with van der Waals surface area (Å²) in [6.07, 6.45) is 3.59. The quantitative estimate of drug-likeness (QED) is 0.908. The SMILES string of the molecule is CCn1cc(CN(C)C2CCNC2)c2ccccc21. The smallest absolute Gasteiger partial charge is 0.0483 e. The molecule has 0 aliphatic carbocycles. The van der Waals surface area contributed by atoms with E-state index < -0.39 is 0 Å². The first-order valence-electron chi connectivity index (χ1n) is 7.27. The molecule has 1 atom stereocenters. The van der Waals surface area contributed by atoms with Gasteiger partial charge >= 0.3 is 0 Å². The molecular weight excluding hydrogens is 234 g/mol. The lowest BCUT2D eigenvalue weighted by atomic mass is 10.1. The molecule has 0 saturated carbocycles. The second-order valence-corrected chi connectivity index (χ2v) is 5.52. The number of hydrogen-bond acceptors (Lipinski definition) is 2. The normalized spacial score (nSPS) is 19.6. The van der Waals surface area contributed by atoms with Crippen LogP contribution in [-0.2, 0) is 13.1 Å². The molecule has 1 aliphatic rings. The molecule has 1 unspecified atom stereocenters. The Labute approximate surface area is 115 Å². The molecular formula is C16H23N3. The van der Waals surface area contributed by atoms with Crippen LogP contribution in [0, 0.1) is 0 Å². The Morgan fingerprint density at radius 2 is 2.21 bits per heavy atom. The van der Waals surface area contributed by atoms with Gasteiger partial charge in [0.05, 0.1) is 0 Å². The van der Waals surface area contributed by atoms with Crippen LogP contribution in [-0.4, -0.2) is 35.6 Å². The second kappa shape index (κ2) is 5.35. The lowest BCUT2D eigenvalue weighted by Crippen LogP contribution is -2.32. The molecule has 0 spiro atoms. The maximum Gasteiger partial charge on any atom is 0.0483 e. The zero-order valence-electron chi connectivity index (χ0n) is 11.9. The number of benzene rings is 1. The van der Waals surface area contributed by atoms with Crippen molar-refractivity contribution in [1.82, 2.24) is 14.8 Å². The minimum Gasteiger partial charge on any atom is -0.347 e. The van der Waals surface area contributed by atoms with Crippen LogP contribution >= 0.6 is 0 Å². The van der Waals surface area contributed by atoms with Crippen LogP contribution in [0.3, 0.4) is 0 Å². The van der Waals surface area contributed by atoms with Crippen LogP contribution in [0.1, 0.15) is 18.9 Å². The van der Waals surface area contributed by atoms with E-state index in [9.17, 15) is 0 Å². The number of nitrogens with one attached hydrogen (secondary N) is 1. The standard InChI is InChI=1S/C16H23N3/c1-3-19-12-13(15-6-4-5-7-16(15)19)11-18(2)14-8-9-17-10-14/h4-7,12,14,17H,3,8-11H2,1-2H3. The van der Waals surface area contributed by atoms with E-state index in [0.29, 0.717) is 6.04 Å². The van der Waals surface area contributed by atoms with Crippen molar-refractivity contribution in [2.24, 2.45) is 0 Å². The fourth-order valence-electron chi connectivity index (χ4n) is 3.12. The van der Waals surface area contributed by atoms with Crippen LogP contribution in [0.2, 0.25) is 0 Å².